The monoisotopic (exact) mass is 1130 g/mol. The van der Waals surface area contributed by atoms with Gasteiger partial charge in [0.1, 0.15) is 17.5 Å². The van der Waals surface area contributed by atoms with Crippen molar-refractivity contribution in [2.45, 2.75) is 160 Å². The first kappa shape index (κ1) is 71.7. The molecule has 0 saturated carbocycles. The number of thioether (sulfide) groups is 2. The van der Waals surface area contributed by atoms with Gasteiger partial charge in [-0.2, -0.15) is 0 Å². The Morgan fingerprint density at radius 3 is 1.27 bits per heavy atom. The van der Waals surface area contributed by atoms with E-state index < -0.39 is 5.97 Å². The molecule has 4 amide bonds. The molecule has 0 aromatic heterocycles. The van der Waals surface area contributed by atoms with Gasteiger partial charge in [0.15, 0.2) is 0 Å². The van der Waals surface area contributed by atoms with Gasteiger partial charge >= 0.3 is 5.97 Å². The molecule has 3 rings (SSSR count). The Kier molecular flexibility index (Phi) is 42.1. The molecule has 0 aliphatic heterocycles. The number of carboxylic acids is 1. The molecule has 11 nitrogen and oxygen atoms in total. The summed E-state index contributed by atoms with van der Waals surface area (Å²) in [4.78, 5) is 64.4. The summed E-state index contributed by atoms with van der Waals surface area (Å²) < 4.78 is 5.29. The predicted molar refractivity (Wildman–Crippen MR) is 318 cm³/mol. The maximum absolute atomic E-state index is 11.8. The van der Waals surface area contributed by atoms with Gasteiger partial charge in [-0.3, -0.25) is 24.0 Å². The van der Waals surface area contributed by atoms with E-state index in [0.717, 1.165) is 98.7 Å². The van der Waals surface area contributed by atoms with E-state index >= 15 is 0 Å². The van der Waals surface area contributed by atoms with E-state index in [1.165, 1.54) is 34.7 Å². The van der Waals surface area contributed by atoms with Gasteiger partial charge in [-0.1, -0.05) is 113 Å². The SMILES string of the molecule is CCCSC(=O)N(CCC)CCC.CCCSC(=O)N(CCC)CCC.Cc1cccc(N(C(=O)CCl)C(C)C)c1C.Cc1cccc(N(C(=O)CCl)C(C)C)c1C.O=C(O)CCCOc1ccc(Cl)cc1Cl. The Hall–Kier alpha value is -3.33. The first-order valence-electron chi connectivity index (χ1n) is 25.6. The van der Waals surface area contributed by atoms with Gasteiger partial charge < -0.3 is 29.4 Å². The highest BCUT2D eigenvalue weighted by Gasteiger charge is 2.21. The largest absolute Gasteiger partial charge is 0.492 e. The Morgan fingerprint density at radius 1 is 0.589 bits per heavy atom. The van der Waals surface area contributed by atoms with E-state index in [1.807, 2.05) is 102 Å². The van der Waals surface area contributed by atoms with Crippen LogP contribution in [0, 0.1) is 27.7 Å². The lowest BCUT2D eigenvalue weighted by Crippen LogP contribution is -2.38. The summed E-state index contributed by atoms with van der Waals surface area (Å²) in [6.45, 7) is 32.7. The molecule has 0 atom stereocenters. The Morgan fingerprint density at radius 2 is 0.973 bits per heavy atom. The van der Waals surface area contributed by atoms with E-state index in [9.17, 15) is 24.0 Å². The van der Waals surface area contributed by atoms with Crippen LogP contribution >= 0.6 is 69.9 Å². The van der Waals surface area contributed by atoms with Crippen molar-refractivity contribution < 1.29 is 33.8 Å². The Labute approximate surface area is 469 Å². The number of amides is 4. The molecule has 17 heteroatoms. The van der Waals surface area contributed by atoms with E-state index in [1.54, 1.807) is 28.0 Å². The standard InChI is InChI=1S/2C13H18ClNO.C10H10Cl2O3.2C10H21NOS/c2*1-9(2)15(13(16)8-14)12-7-5-6-10(3)11(12)4;11-7-3-4-9(8(12)6-7)15-5-1-2-10(13)14;2*1-4-7-11(8-5-2)10(12)13-9-6-3/h2*5-7,9H,8H2,1-4H3;3-4,6H,1-2,5H2,(H,13,14);2*4-9H2,1-3H3. The summed E-state index contributed by atoms with van der Waals surface area (Å²) in [5.41, 5.74) is 6.56. The fourth-order valence-corrected chi connectivity index (χ4v) is 8.96. The molecule has 73 heavy (non-hydrogen) atoms. The van der Waals surface area contributed by atoms with Crippen molar-refractivity contribution in [2.75, 3.05) is 65.9 Å². The molecule has 3 aromatic rings. The third-order valence-electron chi connectivity index (χ3n) is 10.5. The van der Waals surface area contributed by atoms with E-state index in [-0.39, 0.29) is 52.6 Å². The lowest BCUT2D eigenvalue weighted by atomic mass is 10.1. The topological polar surface area (TPSA) is 128 Å². The van der Waals surface area contributed by atoms with Crippen molar-refractivity contribution in [3.8, 4) is 5.75 Å². The summed E-state index contributed by atoms with van der Waals surface area (Å²) in [5.74, 6) is 1.52. The van der Waals surface area contributed by atoms with Crippen LogP contribution in [0.5, 0.6) is 5.75 Å². The summed E-state index contributed by atoms with van der Waals surface area (Å²) in [6, 6.07) is 17.1. The van der Waals surface area contributed by atoms with E-state index in [2.05, 4.69) is 41.5 Å². The molecular formula is C56H88Cl4N4O7S2. The molecule has 0 spiro atoms. The summed E-state index contributed by atoms with van der Waals surface area (Å²) in [6.07, 6.45) is 6.90. The first-order valence-corrected chi connectivity index (χ1v) is 29.4. The van der Waals surface area contributed by atoms with Crippen molar-refractivity contribution in [1.29, 1.82) is 0 Å². The summed E-state index contributed by atoms with van der Waals surface area (Å²) >= 11 is 25.7. The van der Waals surface area contributed by atoms with Gasteiger partial charge in [-0.25, -0.2) is 0 Å². The number of nitrogens with zero attached hydrogens (tertiary/aromatic N) is 4. The van der Waals surface area contributed by atoms with Crippen molar-refractivity contribution in [3.63, 3.8) is 0 Å². The van der Waals surface area contributed by atoms with Gasteiger partial charge in [0.25, 0.3) is 10.5 Å². The lowest BCUT2D eigenvalue weighted by molar-refractivity contribution is -0.137. The molecule has 3 aromatic carbocycles. The molecular weight excluding hydrogens is 1050 g/mol. The highest BCUT2D eigenvalue weighted by Crippen LogP contribution is 2.28. The Bertz CT molecular complexity index is 1930. The second-order valence-electron chi connectivity index (χ2n) is 17.5. The molecule has 1 N–H and O–H groups in total. The maximum Gasteiger partial charge on any atom is 0.303 e. The number of rotatable bonds is 23. The van der Waals surface area contributed by atoms with E-state index in [0.29, 0.717) is 28.8 Å². The third kappa shape index (κ3) is 30.1. The minimum absolute atomic E-state index is 0.0194. The molecule has 0 aliphatic rings. The highest BCUT2D eigenvalue weighted by atomic mass is 35.5. The average Bonchev–Trinajstić information content (AvgIpc) is 3.34. The second-order valence-corrected chi connectivity index (χ2v) is 21.0. The number of ether oxygens (including phenoxy) is 1. The minimum Gasteiger partial charge on any atom is -0.492 e. The smallest absolute Gasteiger partial charge is 0.303 e. The van der Waals surface area contributed by atoms with Crippen LogP contribution in [0.2, 0.25) is 10.0 Å². The lowest BCUT2D eigenvalue weighted by Gasteiger charge is -2.28. The van der Waals surface area contributed by atoms with Crippen LogP contribution in [0.15, 0.2) is 54.6 Å². The van der Waals surface area contributed by atoms with Crippen molar-refractivity contribution in [1.82, 2.24) is 9.80 Å². The van der Waals surface area contributed by atoms with Gasteiger partial charge in [0, 0.05) is 72.6 Å². The molecule has 0 heterocycles. The number of alkyl halides is 2. The third-order valence-corrected chi connectivity index (χ3v) is 13.7. The Balaban J connectivity index is 0. The van der Waals surface area contributed by atoms with Gasteiger partial charge in [-0.05, 0) is 153 Å². The number of carbonyl (C=O) groups excluding carboxylic acids is 4. The maximum atomic E-state index is 11.8. The normalized spacial score (nSPS) is 10.3. The molecule has 0 saturated heterocycles. The number of halogens is 4. The number of carbonyl (C=O) groups is 5. The zero-order valence-corrected chi connectivity index (χ0v) is 51.0. The number of hydrogen-bond donors (Lipinski definition) is 1. The van der Waals surface area contributed by atoms with Crippen LogP contribution in [-0.2, 0) is 14.4 Å². The first-order chi connectivity index (χ1) is 34.6. The van der Waals surface area contributed by atoms with Crippen LogP contribution in [0.1, 0.15) is 143 Å². The molecule has 0 aliphatic carbocycles. The van der Waals surface area contributed by atoms with Crippen LogP contribution < -0.4 is 14.5 Å². The molecule has 0 unspecified atom stereocenters. The van der Waals surface area contributed by atoms with Crippen LogP contribution in [0.25, 0.3) is 0 Å². The zero-order chi connectivity index (χ0) is 56.1. The molecule has 0 fully saturated rings. The predicted octanol–water partition coefficient (Wildman–Crippen LogP) is 16.5. The number of carboxylic acid groups (broad SMARTS) is 1. The minimum atomic E-state index is -0.833. The zero-order valence-electron chi connectivity index (χ0n) is 46.4. The fraction of sp³-hybridized carbons (Fsp3) is 0.589. The summed E-state index contributed by atoms with van der Waals surface area (Å²) in [5, 5.41) is 9.88. The van der Waals surface area contributed by atoms with Crippen LogP contribution in [0.3, 0.4) is 0 Å². The average molecular weight is 1140 g/mol. The van der Waals surface area contributed by atoms with Crippen molar-refractivity contribution in [3.05, 3.63) is 86.9 Å². The van der Waals surface area contributed by atoms with E-state index in [4.69, 9.17) is 56.2 Å². The van der Waals surface area contributed by atoms with Gasteiger partial charge in [0.2, 0.25) is 11.8 Å². The number of benzene rings is 3. The summed E-state index contributed by atoms with van der Waals surface area (Å²) in [7, 11) is 0. The van der Waals surface area contributed by atoms with Crippen molar-refractivity contribution >= 4 is 110 Å². The second kappa shape index (κ2) is 42.8. The van der Waals surface area contributed by atoms with Gasteiger partial charge in [0.05, 0.1) is 11.6 Å². The number of aryl methyl sites for hydroxylation is 2. The number of aliphatic carboxylic acids is 1. The molecule has 414 valence electrons. The molecule has 0 radical (unpaired) electrons. The van der Waals surface area contributed by atoms with Crippen molar-refractivity contribution in [2.24, 2.45) is 0 Å². The number of anilines is 2. The van der Waals surface area contributed by atoms with Gasteiger partial charge in [-0.15, -0.1) is 23.2 Å². The van der Waals surface area contributed by atoms with Crippen LogP contribution in [0.4, 0.5) is 21.0 Å². The highest BCUT2D eigenvalue weighted by molar-refractivity contribution is 8.13. The quantitative estimate of drug-likeness (QED) is 0.0729. The fourth-order valence-electron chi connectivity index (χ4n) is 6.75. The molecule has 0 bridgehead atoms. The number of hydrogen-bond acceptors (Lipinski definition) is 8. The van der Waals surface area contributed by atoms with Crippen LogP contribution in [-0.4, -0.2) is 111 Å².